The third-order valence-electron chi connectivity index (χ3n) is 5.57. The van der Waals surface area contributed by atoms with E-state index in [1.165, 1.54) is 18.4 Å². The van der Waals surface area contributed by atoms with E-state index in [1.807, 2.05) is 0 Å². The number of nitrogens with two attached hydrogens (primary N) is 1. The van der Waals surface area contributed by atoms with Crippen LogP contribution in [0.1, 0.15) is 12.8 Å². The number of benzene rings is 1. The molecule has 10 nitrogen and oxygen atoms in total. The Morgan fingerprint density at radius 2 is 1.84 bits per heavy atom. The van der Waals surface area contributed by atoms with Crippen LogP contribution in [0.5, 0.6) is 11.5 Å². The van der Waals surface area contributed by atoms with Gasteiger partial charge < -0.3 is 28.9 Å². The van der Waals surface area contributed by atoms with Gasteiger partial charge in [0.05, 0.1) is 11.2 Å². The summed E-state index contributed by atoms with van der Waals surface area (Å²) < 4.78 is 49.4. The fraction of sp³-hybridized carbons (Fsp3) is 0.333. The number of piperidine rings is 1. The van der Waals surface area contributed by atoms with E-state index in [0.717, 1.165) is 0 Å². The van der Waals surface area contributed by atoms with Crippen molar-refractivity contribution in [1.29, 1.82) is 0 Å². The number of aromatic nitrogens is 1. The van der Waals surface area contributed by atoms with Crippen LogP contribution in [0.15, 0.2) is 55.4 Å². The summed E-state index contributed by atoms with van der Waals surface area (Å²) in [6, 6.07) is 7.73. The Hall–Kier alpha value is -3.47. The Labute approximate surface area is 183 Å². The lowest BCUT2D eigenvalue weighted by atomic mass is 9.96. The molecular weight excluding hydrogens is 438 g/mol. The van der Waals surface area contributed by atoms with Gasteiger partial charge in [-0.05, 0) is 37.1 Å². The van der Waals surface area contributed by atoms with Crippen LogP contribution in [0.25, 0.3) is 11.7 Å². The van der Waals surface area contributed by atoms with E-state index >= 15 is 0 Å². The number of amides is 1. The third kappa shape index (κ3) is 3.58. The molecule has 4 heterocycles. The third-order valence-corrected chi connectivity index (χ3v) is 7.22. The van der Waals surface area contributed by atoms with E-state index in [0.29, 0.717) is 56.4 Å². The summed E-state index contributed by atoms with van der Waals surface area (Å²) in [6.07, 6.45) is 2.44. The molecule has 2 aromatic heterocycles. The van der Waals surface area contributed by atoms with Crippen molar-refractivity contribution in [3.05, 3.63) is 36.6 Å². The Morgan fingerprint density at radius 3 is 2.53 bits per heavy atom. The van der Waals surface area contributed by atoms with Gasteiger partial charge in [0.1, 0.15) is 13.2 Å². The summed E-state index contributed by atoms with van der Waals surface area (Å²) in [7, 11) is -4.07. The molecule has 0 spiro atoms. The first-order valence-corrected chi connectivity index (χ1v) is 11.7. The largest absolute Gasteiger partial charge is 0.486 e. The highest BCUT2D eigenvalue weighted by Gasteiger charge is 2.35. The Kier molecular flexibility index (Phi) is 5.04. The molecule has 0 saturated carbocycles. The first kappa shape index (κ1) is 20.4. The molecule has 2 aliphatic heterocycles. The maximum absolute atomic E-state index is 13.6. The van der Waals surface area contributed by atoms with E-state index in [2.05, 4.69) is 4.98 Å². The second-order valence-corrected chi connectivity index (χ2v) is 9.44. The molecule has 0 unspecified atom stereocenters. The summed E-state index contributed by atoms with van der Waals surface area (Å²) in [5, 5.41) is -0.224. The second kappa shape index (κ2) is 7.90. The molecule has 5 rings (SSSR count). The van der Waals surface area contributed by atoms with Gasteiger partial charge in [-0.2, -0.15) is 4.98 Å². The number of hydrogen-bond donors (Lipinski definition) is 1. The highest BCUT2D eigenvalue weighted by molar-refractivity contribution is 7.91. The van der Waals surface area contributed by atoms with Gasteiger partial charge in [-0.25, -0.2) is 8.42 Å². The fourth-order valence-electron chi connectivity index (χ4n) is 3.85. The van der Waals surface area contributed by atoms with Crippen LogP contribution in [0, 0.1) is 5.92 Å². The highest BCUT2D eigenvalue weighted by Crippen LogP contribution is 2.39. The topological polar surface area (TPSA) is 138 Å². The van der Waals surface area contributed by atoms with Crippen molar-refractivity contribution in [3.63, 3.8) is 0 Å². The minimum Gasteiger partial charge on any atom is -0.486 e. The summed E-state index contributed by atoms with van der Waals surface area (Å²) in [6.45, 7) is 1.55. The van der Waals surface area contributed by atoms with Gasteiger partial charge in [0.25, 0.3) is 5.89 Å². The van der Waals surface area contributed by atoms with Gasteiger partial charge in [-0.3, -0.25) is 4.79 Å². The average molecular weight is 459 g/mol. The van der Waals surface area contributed by atoms with Crippen molar-refractivity contribution in [3.8, 4) is 23.1 Å². The molecule has 1 aromatic carbocycles. The number of fused-ring (bicyclic) bond motifs is 1. The van der Waals surface area contributed by atoms with Gasteiger partial charge >= 0.3 is 0 Å². The fourth-order valence-corrected chi connectivity index (χ4v) is 5.18. The number of nitrogens with zero attached hydrogens (tertiary/aromatic N) is 2. The Morgan fingerprint density at radius 1 is 1.09 bits per heavy atom. The van der Waals surface area contributed by atoms with Crippen LogP contribution in [0.3, 0.4) is 0 Å². The van der Waals surface area contributed by atoms with Gasteiger partial charge in [0, 0.05) is 25.1 Å². The second-order valence-electron chi connectivity index (χ2n) is 7.58. The first-order valence-electron chi connectivity index (χ1n) is 10.2. The number of furan rings is 1. The lowest BCUT2D eigenvalue weighted by Gasteiger charge is -2.30. The van der Waals surface area contributed by atoms with Crippen molar-refractivity contribution in [2.45, 2.75) is 22.8 Å². The molecule has 168 valence electrons. The van der Waals surface area contributed by atoms with Gasteiger partial charge in [-0.15, -0.1) is 0 Å². The van der Waals surface area contributed by atoms with Crippen molar-refractivity contribution in [2.75, 3.05) is 31.2 Å². The molecule has 32 heavy (non-hydrogen) atoms. The number of sulfone groups is 1. The molecule has 0 atom stereocenters. The van der Waals surface area contributed by atoms with Crippen LogP contribution in [0.2, 0.25) is 0 Å². The minimum absolute atomic E-state index is 0.00863. The normalized spacial score (nSPS) is 16.8. The van der Waals surface area contributed by atoms with Crippen LogP contribution in [0.4, 0.5) is 5.88 Å². The molecule has 0 aliphatic carbocycles. The predicted octanol–water partition coefficient (Wildman–Crippen LogP) is 2.24. The molecule has 0 radical (unpaired) electrons. The number of hydrogen-bond acceptors (Lipinski definition) is 9. The van der Waals surface area contributed by atoms with Crippen LogP contribution in [-0.4, -0.2) is 45.6 Å². The zero-order valence-corrected chi connectivity index (χ0v) is 17.8. The average Bonchev–Trinajstić information content (AvgIpc) is 3.49. The van der Waals surface area contributed by atoms with Gasteiger partial charge in [0.15, 0.2) is 17.3 Å². The van der Waals surface area contributed by atoms with E-state index in [9.17, 15) is 13.2 Å². The molecule has 11 heteroatoms. The quantitative estimate of drug-likeness (QED) is 0.608. The Bertz CT molecular complexity index is 1240. The molecule has 1 amide bonds. The zero-order chi connectivity index (χ0) is 22.3. The van der Waals surface area contributed by atoms with Crippen molar-refractivity contribution >= 4 is 21.6 Å². The molecule has 2 N–H and O–H groups in total. The van der Waals surface area contributed by atoms with E-state index in [-0.39, 0.29) is 33.5 Å². The van der Waals surface area contributed by atoms with Crippen LogP contribution < -0.4 is 20.1 Å². The summed E-state index contributed by atoms with van der Waals surface area (Å²) in [4.78, 5) is 17.6. The molecule has 1 saturated heterocycles. The van der Waals surface area contributed by atoms with E-state index < -0.39 is 9.84 Å². The highest BCUT2D eigenvalue weighted by atomic mass is 32.2. The van der Waals surface area contributed by atoms with Gasteiger partial charge in [0.2, 0.25) is 26.7 Å². The van der Waals surface area contributed by atoms with Crippen molar-refractivity contribution < 1.29 is 31.5 Å². The number of carbonyl (C=O) groups is 1. The van der Waals surface area contributed by atoms with Crippen LogP contribution >= 0.6 is 0 Å². The van der Waals surface area contributed by atoms with Crippen molar-refractivity contribution in [1.82, 2.24) is 4.98 Å². The zero-order valence-electron chi connectivity index (χ0n) is 17.0. The van der Waals surface area contributed by atoms with Gasteiger partial charge in [-0.1, -0.05) is 0 Å². The molecular formula is C21H21N3O7S. The number of primary amides is 1. The molecule has 3 aromatic rings. The van der Waals surface area contributed by atoms with Crippen molar-refractivity contribution in [2.24, 2.45) is 11.7 Å². The maximum Gasteiger partial charge on any atom is 0.266 e. The minimum atomic E-state index is -4.07. The summed E-state index contributed by atoms with van der Waals surface area (Å²) >= 11 is 0. The number of rotatable bonds is 5. The van der Waals surface area contributed by atoms with E-state index in [1.54, 1.807) is 23.1 Å². The number of ether oxygens (including phenoxy) is 2. The van der Waals surface area contributed by atoms with E-state index in [4.69, 9.17) is 24.0 Å². The first-order chi connectivity index (χ1) is 15.4. The lowest BCUT2D eigenvalue weighted by Crippen LogP contribution is -2.38. The Balaban J connectivity index is 1.56. The molecule has 0 bridgehead atoms. The maximum atomic E-state index is 13.6. The number of anilines is 1. The summed E-state index contributed by atoms with van der Waals surface area (Å²) in [5.41, 5.74) is 5.43. The SMILES string of the molecule is NC(=O)C1CCN(c2oc(-c3ccco3)nc2S(=O)(=O)c2ccc3c(c2)OCCO3)CC1. The standard InChI is InChI=1S/C21H21N3O7S/c22-18(25)13-5-7-24(8-6-13)21-20(23-19(31-21)16-2-1-9-28-16)32(26,27)14-3-4-15-17(12-14)30-11-10-29-15/h1-4,9,12-13H,5-8,10-11H2,(H2,22,25). The monoisotopic (exact) mass is 459 g/mol. The lowest BCUT2D eigenvalue weighted by molar-refractivity contribution is -0.122. The molecule has 1 fully saturated rings. The number of carbonyl (C=O) groups excluding carboxylic acids is 1. The predicted molar refractivity (Wildman–Crippen MR) is 111 cm³/mol. The summed E-state index contributed by atoms with van der Waals surface area (Å²) in [5.74, 6) is 0.699. The number of oxazole rings is 1. The smallest absolute Gasteiger partial charge is 0.266 e. The van der Waals surface area contributed by atoms with Crippen LogP contribution in [-0.2, 0) is 14.6 Å². The molecule has 2 aliphatic rings.